The van der Waals surface area contributed by atoms with Gasteiger partial charge in [-0.3, -0.25) is 9.59 Å². The zero-order valence-electron chi connectivity index (χ0n) is 37.3. The summed E-state index contributed by atoms with van der Waals surface area (Å²) in [4.78, 5) is 26.0. The summed E-state index contributed by atoms with van der Waals surface area (Å²) >= 11 is 0. The van der Waals surface area contributed by atoms with E-state index in [0.29, 0.717) is 19.3 Å². The highest BCUT2D eigenvalue weighted by Gasteiger charge is 2.24. The topological polar surface area (TPSA) is 95.9 Å². The second-order valence-corrected chi connectivity index (χ2v) is 17.2. The number of nitrogens with one attached hydrogen (secondary N) is 1. The van der Waals surface area contributed by atoms with E-state index in [4.69, 9.17) is 4.74 Å². The Kier molecular flexibility index (Phi) is 43.1. The van der Waals surface area contributed by atoms with Crippen molar-refractivity contribution >= 4 is 11.9 Å². The predicted octanol–water partition coefficient (Wildman–Crippen LogP) is 14.4. The van der Waals surface area contributed by atoms with E-state index in [-0.39, 0.29) is 24.9 Å². The number of unbranched alkanes of at least 4 members (excludes halogenated alkanes) is 33. The fourth-order valence-electron chi connectivity index (χ4n) is 7.90. The number of amides is 1. The molecular formula is C49H97NO5. The summed E-state index contributed by atoms with van der Waals surface area (Å²) in [7, 11) is 0. The van der Waals surface area contributed by atoms with Crippen molar-refractivity contribution in [3.05, 3.63) is 0 Å². The number of rotatable bonds is 45. The number of carbonyl (C=O) groups is 2. The minimum atomic E-state index is -0.777. The van der Waals surface area contributed by atoms with E-state index in [9.17, 15) is 19.8 Å². The fourth-order valence-corrected chi connectivity index (χ4v) is 7.90. The molecule has 328 valence electrons. The van der Waals surface area contributed by atoms with Gasteiger partial charge in [0.15, 0.2) is 0 Å². The van der Waals surface area contributed by atoms with Crippen LogP contribution in [0.4, 0.5) is 0 Å². The summed E-state index contributed by atoms with van der Waals surface area (Å²) < 4.78 is 5.90. The number of hydrogen-bond donors (Lipinski definition) is 3. The van der Waals surface area contributed by atoms with Gasteiger partial charge in [0.2, 0.25) is 5.91 Å². The molecule has 6 nitrogen and oxygen atoms in total. The Balaban J connectivity index is 4.39. The Bertz CT molecular complexity index is 791. The van der Waals surface area contributed by atoms with Crippen LogP contribution >= 0.6 is 0 Å². The van der Waals surface area contributed by atoms with E-state index in [1.165, 1.54) is 193 Å². The number of carbonyl (C=O) groups excluding carboxylic acids is 2. The fraction of sp³-hybridized carbons (Fsp3) is 0.959. The summed E-state index contributed by atoms with van der Waals surface area (Å²) in [6, 6.07) is -0.690. The number of ether oxygens (including phenoxy) is 1. The monoisotopic (exact) mass is 780 g/mol. The number of aliphatic hydroxyl groups is 2. The van der Waals surface area contributed by atoms with Gasteiger partial charge in [-0.15, -0.1) is 0 Å². The maximum atomic E-state index is 13.1. The van der Waals surface area contributed by atoms with E-state index in [0.717, 1.165) is 38.5 Å². The molecule has 0 aromatic heterocycles. The normalized spacial score (nSPS) is 13.2. The molecule has 6 heteroatoms. The highest BCUT2D eigenvalue weighted by molar-refractivity contribution is 5.77. The molecule has 55 heavy (non-hydrogen) atoms. The smallest absolute Gasteiger partial charge is 0.306 e. The second kappa shape index (κ2) is 44.0. The zero-order chi connectivity index (χ0) is 40.3. The lowest BCUT2D eigenvalue weighted by Crippen LogP contribution is -2.46. The minimum absolute atomic E-state index is 0.0864. The average molecular weight is 780 g/mol. The molecule has 1 amide bonds. The molecule has 0 saturated heterocycles. The summed E-state index contributed by atoms with van der Waals surface area (Å²) in [5.74, 6) is -0.457. The van der Waals surface area contributed by atoms with Crippen molar-refractivity contribution in [2.24, 2.45) is 0 Å². The van der Waals surface area contributed by atoms with Crippen LogP contribution in [0.5, 0.6) is 0 Å². The summed E-state index contributed by atoms with van der Waals surface area (Å²) in [5, 5.41) is 23.7. The van der Waals surface area contributed by atoms with Gasteiger partial charge in [-0.2, -0.15) is 0 Å². The third-order valence-corrected chi connectivity index (χ3v) is 11.7. The van der Waals surface area contributed by atoms with Crippen LogP contribution in [0.15, 0.2) is 0 Å². The van der Waals surface area contributed by atoms with Gasteiger partial charge in [0.25, 0.3) is 0 Å². The average Bonchev–Trinajstić information content (AvgIpc) is 3.18. The minimum Gasteiger partial charge on any atom is -0.462 e. The van der Waals surface area contributed by atoms with E-state index < -0.39 is 18.2 Å². The molecular weight excluding hydrogens is 683 g/mol. The van der Waals surface area contributed by atoms with Gasteiger partial charge in [-0.05, 0) is 25.7 Å². The largest absolute Gasteiger partial charge is 0.462 e. The third kappa shape index (κ3) is 39.5. The lowest BCUT2D eigenvalue weighted by Gasteiger charge is -2.24. The molecule has 0 radical (unpaired) electrons. The summed E-state index contributed by atoms with van der Waals surface area (Å²) in [5.41, 5.74) is 0. The Labute approximate surface area is 343 Å². The Hall–Kier alpha value is -1.14. The highest BCUT2D eigenvalue weighted by atomic mass is 16.5. The SMILES string of the molecule is CCCCCCCCCCCCCCCCCC(=O)OC(CCCCCCCCCC)CC(=O)NC(CO)C(O)CCCCCCCCCCCCCCC. The van der Waals surface area contributed by atoms with Crippen LogP contribution in [0, 0.1) is 0 Å². The lowest BCUT2D eigenvalue weighted by molar-refractivity contribution is -0.151. The van der Waals surface area contributed by atoms with Crippen LogP contribution in [0.25, 0.3) is 0 Å². The van der Waals surface area contributed by atoms with E-state index in [1.54, 1.807) is 0 Å². The quantitative estimate of drug-likeness (QED) is 0.0422. The van der Waals surface area contributed by atoms with Crippen molar-refractivity contribution < 1.29 is 24.5 Å². The first-order valence-electron chi connectivity index (χ1n) is 24.8. The number of aliphatic hydroxyl groups excluding tert-OH is 2. The molecule has 0 saturated carbocycles. The highest BCUT2D eigenvalue weighted by Crippen LogP contribution is 2.18. The molecule has 0 aliphatic carbocycles. The van der Waals surface area contributed by atoms with E-state index in [2.05, 4.69) is 26.1 Å². The van der Waals surface area contributed by atoms with Crippen molar-refractivity contribution in [3.8, 4) is 0 Å². The summed E-state index contributed by atoms with van der Waals surface area (Å²) in [6.45, 7) is 6.48. The van der Waals surface area contributed by atoms with Crippen LogP contribution in [0.1, 0.15) is 278 Å². The van der Waals surface area contributed by atoms with Gasteiger partial charge >= 0.3 is 5.97 Å². The van der Waals surface area contributed by atoms with Gasteiger partial charge in [0.05, 0.1) is 25.2 Å². The predicted molar refractivity (Wildman–Crippen MR) is 237 cm³/mol. The molecule has 0 bridgehead atoms. The molecule has 0 rings (SSSR count). The van der Waals surface area contributed by atoms with Crippen LogP contribution < -0.4 is 5.32 Å². The molecule has 0 heterocycles. The van der Waals surface area contributed by atoms with Crippen LogP contribution in [0.3, 0.4) is 0 Å². The van der Waals surface area contributed by atoms with Gasteiger partial charge in [-0.1, -0.05) is 239 Å². The van der Waals surface area contributed by atoms with Crippen molar-refractivity contribution in [1.82, 2.24) is 5.32 Å². The first-order chi connectivity index (χ1) is 27.0. The van der Waals surface area contributed by atoms with Gasteiger partial charge in [-0.25, -0.2) is 0 Å². The van der Waals surface area contributed by atoms with E-state index >= 15 is 0 Å². The molecule has 0 spiro atoms. The third-order valence-electron chi connectivity index (χ3n) is 11.7. The maximum absolute atomic E-state index is 13.1. The van der Waals surface area contributed by atoms with Crippen LogP contribution in [-0.2, 0) is 14.3 Å². The molecule has 0 fully saturated rings. The van der Waals surface area contributed by atoms with Gasteiger partial charge in [0.1, 0.15) is 6.10 Å². The first-order valence-corrected chi connectivity index (χ1v) is 24.8. The first kappa shape index (κ1) is 53.9. The number of esters is 1. The number of hydrogen-bond acceptors (Lipinski definition) is 5. The van der Waals surface area contributed by atoms with Crippen LogP contribution in [0.2, 0.25) is 0 Å². The van der Waals surface area contributed by atoms with Crippen LogP contribution in [-0.4, -0.2) is 46.9 Å². The zero-order valence-corrected chi connectivity index (χ0v) is 37.3. The lowest BCUT2D eigenvalue weighted by atomic mass is 10.0. The molecule has 0 aromatic rings. The van der Waals surface area contributed by atoms with E-state index in [1.807, 2.05) is 0 Å². The molecule has 3 N–H and O–H groups in total. The molecule has 3 unspecified atom stereocenters. The maximum Gasteiger partial charge on any atom is 0.306 e. The Morgan fingerprint density at radius 2 is 0.764 bits per heavy atom. The van der Waals surface area contributed by atoms with Crippen molar-refractivity contribution in [3.63, 3.8) is 0 Å². The Morgan fingerprint density at radius 1 is 0.455 bits per heavy atom. The van der Waals surface area contributed by atoms with Crippen molar-refractivity contribution in [1.29, 1.82) is 0 Å². The second-order valence-electron chi connectivity index (χ2n) is 17.2. The molecule has 0 aliphatic heterocycles. The standard InChI is InChI=1S/C49H97NO5/c1-4-7-10-13-16-19-21-23-24-26-28-30-33-36-39-42-49(54)55-45(40-37-34-31-18-15-12-9-6-3)43-48(53)50-46(44-51)47(52)41-38-35-32-29-27-25-22-20-17-14-11-8-5-2/h45-47,51-52H,4-44H2,1-3H3,(H,50,53). The summed E-state index contributed by atoms with van der Waals surface area (Å²) in [6.07, 6.45) is 45.9. The molecule has 0 aromatic carbocycles. The Morgan fingerprint density at radius 3 is 1.11 bits per heavy atom. The van der Waals surface area contributed by atoms with Crippen molar-refractivity contribution in [2.45, 2.75) is 296 Å². The van der Waals surface area contributed by atoms with Gasteiger partial charge < -0.3 is 20.3 Å². The molecule has 3 atom stereocenters. The van der Waals surface area contributed by atoms with Gasteiger partial charge in [0, 0.05) is 6.42 Å². The van der Waals surface area contributed by atoms with Crippen molar-refractivity contribution in [2.75, 3.05) is 6.61 Å². The molecule has 0 aliphatic rings.